The van der Waals surface area contributed by atoms with Gasteiger partial charge in [0.1, 0.15) is 19.3 Å². The third-order valence-corrected chi connectivity index (χ3v) is 21.8. The van der Waals surface area contributed by atoms with Crippen LogP contribution in [0.15, 0.2) is 0 Å². The Morgan fingerprint density at radius 2 is 0.466 bits per heavy atom. The standard InChI is InChI=1S/C84H164O17P2/c1-9-77(8)63-55-47-39-31-25-21-17-12-10-11-13-18-22-26-32-40-48-56-64-81(86)94-70-79(101-84(89)67-59-51-42-34-28-30-37-45-53-61-75(4)5)72-98-102(90,91)96-68-78(85)69-97-103(92,93)99-73-80(71-95-82(87)65-57-49-43-35-38-46-54-62-76(6)7)100-83(88)66-58-50-41-33-27-23-19-15-14-16-20-24-29-36-44-52-60-74(2)3/h74-80,85H,9-73H2,1-8H3,(H,90,91)(H,92,93)/t77?,78?,79-,80-/m1/s1. The maximum atomic E-state index is 13.1. The van der Waals surface area contributed by atoms with Crippen LogP contribution in [0.3, 0.4) is 0 Å². The number of hydrogen-bond donors (Lipinski definition) is 3. The number of phosphoric acid groups is 2. The molecule has 0 aliphatic carbocycles. The Bertz CT molecular complexity index is 2010. The van der Waals surface area contributed by atoms with Crippen molar-refractivity contribution in [3.63, 3.8) is 0 Å². The van der Waals surface area contributed by atoms with Crippen molar-refractivity contribution in [1.29, 1.82) is 0 Å². The summed E-state index contributed by atoms with van der Waals surface area (Å²) in [6.07, 6.45) is 61.3. The van der Waals surface area contributed by atoms with E-state index in [2.05, 4.69) is 55.4 Å². The highest BCUT2D eigenvalue weighted by Crippen LogP contribution is 2.45. The van der Waals surface area contributed by atoms with Crippen molar-refractivity contribution in [2.45, 2.75) is 453 Å². The van der Waals surface area contributed by atoms with E-state index in [4.69, 9.17) is 37.0 Å². The average molecular weight is 1510 g/mol. The van der Waals surface area contributed by atoms with E-state index in [1.165, 1.54) is 231 Å². The Labute approximate surface area is 632 Å². The number of ether oxygens (including phenoxy) is 4. The number of carbonyl (C=O) groups excluding carboxylic acids is 4. The van der Waals surface area contributed by atoms with E-state index < -0.39 is 97.5 Å². The first-order chi connectivity index (χ1) is 49.6. The number of phosphoric ester groups is 2. The normalized spacial score (nSPS) is 14.2. The molecule has 0 bridgehead atoms. The van der Waals surface area contributed by atoms with Crippen LogP contribution in [0, 0.1) is 23.7 Å². The molecule has 0 amide bonds. The quantitative estimate of drug-likeness (QED) is 0.0222. The smallest absolute Gasteiger partial charge is 0.462 e. The molecule has 19 heteroatoms. The van der Waals surface area contributed by atoms with Gasteiger partial charge in [0.15, 0.2) is 12.2 Å². The minimum atomic E-state index is -4.96. The molecule has 103 heavy (non-hydrogen) atoms. The van der Waals surface area contributed by atoms with Crippen LogP contribution in [0.4, 0.5) is 0 Å². The van der Waals surface area contributed by atoms with Gasteiger partial charge in [0.2, 0.25) is 0 Å². The second kappa shape index (κ2) is 72.9. The predicted octanol–water partition coefficient (Wildman–Crippen LogP) is 25.2. The van der Waals surface area contributed by atoms with Gasteiger partial charge in [-0.15, -0.1) is 0 Å². The van der Waals surface area contributed by atoms with Crippen molar-refractivity contribution in [1.82, 2.24) is 0 Å². The van der Waals surface area contributed by atoms with Gasteiger partial charge in [0.25, 0.3) is 0 Å². The Morgan fingerprint density at radius 1 is 0.272 bits per heavy atom. The Kier molecular flexibility index (Phi) is 71.5. The molecule has 0 fully saturated rings. The van der Waals surface area contributed by atoms with Crippen molar-refractivity contribution >= 4 is 39.5 Å². The van der Waals surface area contributed by atoms with Crippen LogP contribution in [0.2, 0.25) is 0 Å². The zero-order valence-electron chi connectivity index (χ0n) is 68.0. The number of aliphatic hydroxyl groups is 1. The molecule has 0 heterocycles. The van der Waals surface area contributed by atoms with Gasteiger partial charge in [-0.25, -0.2) is 9.13 Å². The van der Waals surface area contributed by atoms with Crippen LogP contribution in [0.1, 0.15) is 434 Å². The van der Waals surface area contributed by atoms with Crippen molar-refractivity contribution in [2.24, 2.45) is 23.7 Å². The summed E-state index contributed by atoms with van der Waals surface area (Å²) in [6.45, 7) is 14.3. The fraction of sp³-hybridized carbons (Fsp3) is 0.952. The largest absolute Gasteiger partial charge is 0.472 e. The van der Waals surface area contributed by atoms with Crippen molar-refractivity contribution in [3.8, 4) is 0 Å². The van der Waals surface area contributed by atoms with Gasteiger partial charge < -0.3 is 33.8 Å². The number of rotatable bonds is 81. The molecule has 6 atom stereocenters. The van der Waals surface area contributed by atoms with E-state index in [1.54, 1.807) is 0 Å². The van der Waals surface area contributed by atoms with Crippen LogP contribution in [-0.4, -0.2) is 96.7 Å². The molecule has 0 aromatic rings. The van der Waals surface area contributed by atoms with Gasteiger partial charge in [-0.1, -0.05) is 383 Å². The molecular weight excluding hydrogens is 1340 g/mol. The zero-order chi connectivity index (χ0) is 76.0. The summed E-state index contributed by atoms with van der Waals surface area (Å²) in [6, 6.07) is 0. The molecule has 0 aliphatic heterocycles. The minimum Gasteiger partial charge on any atom is -0.462 e. The second-order valence-electron chi connectivity index (χ2n) is 31.9. The summed E-state index contributed by atoms with van der Waals surface area (Å²) in [4.78, 5) is 73.1. The average Bonchev–Trinajstić information content (AvgIpc) is 0.955. The Hall–Kier alpha value is -1.94. The monoisotopic (exact) mass is 1510 g/mol. The molecule has 0 aliphatic rings. The number of unbranched alkanes of at least 4 members (excludes halogenated alkanes) is 46. The highest BCUT2D eigenvalue weighted by Gasteiger charge is 2.30. The van der Waals surface area contributed by atoms with Gasteiger partial charge in [-0.3, -0.25) is 37.3 Å². The Balaban J connectivity index is 5.16. The number of carbonyl (C=O) groups is 4. The lowest BCUT2D eigenvalue weighted by atomic mass is 9.99. The molecule has 0 radical (unpaired) electrons. The highest BCUT2D eigenvalue weighted by atomic mass is 31.2. The highest BCUT2D eigenvalue weighted by molar-refractivity contribution is 7.47. The topological polar surface area (TPSA) is 237 Å². The summed E-state index contributed by atoms with van der Waals surface area (Å²) >= 11 is 0. The fourth-order valence-corrected chi connectivity index (χ4v) is 14.5. The summed E-state index contributed by atoms with van der Waals surface area (Å²) in [5.74, 6) is 1.01. The molecule has 3 N–H and O–H groups in total. The van der Waals surface area contributed by atoms with Crippen LogP contribution in [0.5, 0.6) is 0 Å². The summed E-state index contributed by atoms with van der Waals surface area (Å²) in [7, 11) is -9.92. The van der Waals surface area contributed by atoms with E-state index in [0.29, 0.717) is 31.6 Å². The van der Waals surface area contributed by atoms with E-state index in [-0.39, 0.29) is 25.7 Å². The Morgan fingerprint density at radius 3 is 0.689 bits per heavy atom. The number of hydrogen-bond acceptors (Lipinski definition) is 15. The van der Waals surface area contributed by atoms with Crippen molar-refractivity contribution < 1.29 is 80.2 Å². The third kappa shape index (κ3) is 76.6. The fourth-order valence-electron chi connectivity index (χ4n) is 12.9. The SMILES string of the molecule is CCC(C)CCCCCCCCCCCCCCCCCCCCC(=O)OC[C@H](COP(=O)(O)OCC(O)COP(=O)(O)OC[C@@H](COC(=O)CCCCCCCCCC(C)C)OC(=O)CCCCCCCCCCCCCCCCCCC(C)C)OC(=O)CCCCCCCCCCCC(C)C. The van der Waals surface area contributed by atoms with E-state index in [0.717, 1.165) is 114 Å². The third-order valence-electron chi connectivity index (χ3n) is 19.9. The van der Waals surface area contributed by atoms with Crippen LogP contribution >= 0.6 is 15.6 Å². The zero-order valence-corrected chi connectivity index (χ0v) is 69.7. The maximum Gasteiger partial charge on any atom is 0.472 e. The first kappa shape index (κ1) is 101. The van der Waals surface area contributed by atoms with Crippen LogP contribution < -0.4 is 0 Å². The van der Waals surface area contributed by atoms with Gasteiger partial charge in [-0.2, -0.15) is 0 Å². The van der Waals surface area contributed by atoms with Gasteiger partial charge in [0, 0.05) is 25.7 Å². The van der Waals surface area contributed by atoms with Gasteiger partial charge in [-0.05, 0) is 49.4 Å². The van der Waals surface area contributed by atoms with E-state index in [9.17, 15) is 43.2 Å². The van der Waals surface area contributed by atoms with E-state index in [1.807, 2.05) is 0 Å². The number of esters is 4. The molecule has 612 valence electrons. The lowest BCUT2D eigenvalue weighted by Crippen LogP contribution is -2.30. The molecule has 0 aromatic carbocycles. The molecule has 0 spiro atoms. The summed E-state index contributed by atoms with van der Waals surface area (Å²) in [5, 5.41) is 10.6. The first-order valence-corrected chi connectivity index (χ1v) is 46.2. The van der Waals surface area contributed by atoms with Crippen LogP contribution in [0.25, 0.3) is 0 Å². The molecule has 17 nitrogen and oxygen atoms in total. The van der Waals surface area contributed by atoms with Gasteiger partial charge in [0.05, 0.1) is 26.4 Å². The lowest BCUT2D eigenvalue weighted by molar-refractivity contribution is -0.161. The van der Waals surface area contributed by atoms with Gasteiger partial charge >= 0.3 is 39.5 Å². The molecule has 0 aromatic heterocycles. The molecule has 0 saturated carbocycles. The van der Waals surface area contributed by atoms with Crippen LogP contribution in [-0.2, 0) is 65.4 Å². The van der Waals surface area contributed by atoms with E-state index >= 15 is 0 Å². The first-order valence-electron chi connectivity index (χ1n) is 43.2. The summed E-state index contributed by atoms with van der Waals surface area (Å²) < 4.78 is 68.8. The number of aliphatic hydroxyl groups excluding tert-OH is 1. The van der Waals surface area contributed by atoms with Crippen molar-refractivity contribution in [3.05, 3.63) is 0 Å². The molecular formula is C84H164O17P2. The lowest BCUT2D eigenvalue weighted by Gasteiger charge is -2.21. The summed E-state index contributed by atoms with van der Waals surface area (Å²) in [5.41, 5.74) is 0. The van der Waals surface area contributed by atoms with Crippen molar-refractivity contribution in [2.75, 3.05) is 39.6 Å². The molecule has 0 saturated heterocycles. The maximum absolute atomic E-state index is 13.1. The predicted molar refractivity (Wildman–Crippen MR) is 423 cm³/mol. The second-order valence-corrected chi connectivity index (χ2v) is 34.8. The molecule has 0 rings (SSSR count). The molecule has 4 unspecified atom stereocenters. The minimum absolute atomic E-state index is 0.106.